The summed E-state index contributed by atoms with van der Waals surface area (Å²) in [6.07, 6.45) is -0.302. The van der Waals surface area contributed by atoms with Crippen LogP contribution in [0.2, 0.25) is 18.1 Å². The molecule has 1 aliphatic rings. The van der Waals surface area contributed by atoms with E-state index in [-0.39, 0.29) is 17.0 Å². The summed E-state index contributed by atoms with van der Waals surface area (Å²) in [4.78, 5) is 29.5. The number of fused-ring (bicyclic) bond motifs is 1. The molecule has 1 saturated heterocycles. The zero-order valence-corrected chi connectivity index (χ0v) is 33.3. The van der Waals surface area contributed by atoms with Crippen molar-refractivity contribution in [3.8, 4) is 23.0 Å². The van der Waals surface area contributed by atoms with Crippen molar-refractivity contribution in [2.75, 3.05) is 35.0 Å². The molecule has 12 heteroatoms. The lowest BCUT2D eigenvalue weighted by molar-refractivity contribution is -0.0830. The van der Waals surface area contributed by atoms with Crippen LogP contribution in [0.15, 0.2) is 101 Å². The standard InChI is InChI=1S/C42H49N2O9Si/c1-41(2,3)54(8,9)53-37-23-32(52-39(37)44-34-25-36(50-7)35(49-6)24-33(34)38(45)43-40(44)46)26-51-42(27-13-11-10-12-14-27,28-15-19-30(47-4)20-16-28)29-17-21-31(48-5)22-18-29/h10-25,32,37,39H,26H2,1-9H3,(H,43,45,46)/t32-,37-,39-/m1/s1. The monoisotopic (exact) mass is 753 g/mol. The molecule has 285 valence electrons. The molecule has 0 amide bonds. The minimum atomic E-state index is -2.45. The number of aromatic nitrogens is 2. The van der Waals surface area contributed by atoms with E-state index in [1.165, 1.54) is 18.8 Å². The molecular formula is C42H49N2O9Si. The Kier molecular flexibility index (Phi) is 11.1. The molecule has 3 atom stereocenters. The van der Waals surface area contributed by atoms with E-state index in [1.54, 1.807) is 26.4 Å². The maximum Gasteiger partial charge on any atom is 0.331 e. The SMILES string of the molecule is COc1ccc(C(OC[C@H]2[CH][C@@H](O[Si](C)(C)C(C)(C)C)[C@H](n3c(=O)[nH]c(=O)c4cc(OC)c(OC)cc43)O2)(c2ccccc2)c2ccc(OC)cc2)cc1. The quantitative estimate of drug-likeness (QED) is 0.0982. The highest BCUT2D eigenvalue weighted by atomic mass is 28.4. The normalized spacial score (nSPS) is 17.8. The molecule has 0 aliphatic carbocycles. The summed E-state index contributed by atoms with van der Waals surface area (Å²) in [5, 5.41) is 0.0866. The molecule has 1 radical (unpaired) electrons. The highest BCUT2D eigenvalue weighted by Gasteiger charge is 2.47. The van der Waals surface area contributed by atoms with Crippen molar-refractivity contribution in [2.45, 2.75) is 62.9 Å². The fraction of sp³-hybridized carbons (Fsp3) is 0.357. The molecule has 2 heterocycles. The van der Waals surface area contributed by atoms with Gasteiger partial charge in [0.15, 0.2) is 26.0 Å². The van der Waals surface area contributed by atoms with Crippen LogP contribution in [0.3, 0.4) is 0 Å². The third-order valence-electron chi connectivity index (χ3n) is 10.6. The molecule has 1 N–H and O–H groups in total. The molecule has 1 aromatic heterocycles. The van der Waals surface area contributed by atoms with Gasteiger partial charge in [0.25, 0.3) is 5.56 Å². The van der Waals surface area contributed by atoms with Gasteiger partial charge in [-0.05, 0) is 65.2 Å². The second-order valence-corrected chi connectivity index (χ2v) is 19.5. The van der Waals surface area contributed by atoms with Crippen molar-refractivity contribution in [2.24, 2.45) is 0 Å². The van der Waals surface area contributed by atoms with Crippen LogP contribution < -0.4 is 30.2 Å². The van der Waals surface area contributed by atoms with Crippen molar-refractivity contribution >= 4 is 19.2 Å². The Labute approximate surface area is 316 Å². The van der Waals surface area contributed by atoms with Crippen molar-refractivity contribution in [3.63, 3.8) is 0 Å². The molecular weight excluding hydrogens is 705 g/mol. The largest absolute Gasteiger partial charge is 0.497 e. The second kappa shape index (κ2) is 15.5. The van der Waals surface area contributed by atoms with E-state index in [0.717, 1.165) is 16.7 Å². The Morgan fingerprint density at radius 2 is 1.28 bits per heavy atom. The van der Waals surface area contributed by atoms with Crippen LogP contribution in [0.1, 0.15) is 43.7 Å². The number of methoxy groups -OCH3 is 4. The summed E-state index contributed by atoms with van der Waals surface area (Å²) in [6.45, 7) is 10.8. The van der Waals surface area contributed by atoms with Gasteiger partial charge in [-0.3, -0.25) is 14.3 Å². The number of hydrogen-bond donors (Lipinski definition) is 1. The smallest absolute Gasteiger partial charge is 0.331 e. The summed E-state index contributed by atoms with van der Waals surface area (Å²) in [6, 6.07) is 28.8. The molecule has 0 unspecified atom stereocenters. The average Bonchev–Trinajstić information content (AvgIpc) is 3.55. The summed E-state index contributed by atoms with van der Waals surface area (Å²) >= 11 is 0. The van der Waals surface area contributed by atoms with Gasteiger partial charge >= 0.3 is 5.69 Å². The molecule has 54 heavy (non-hydrogen) atoms. The van der Waals surface area contributed by atoms with E-state index in [0.29, 0.717) is 28.5 Å². The predicted octanol–water partition coefficient (Wildman–Crippen LogP) is 7.22. The maximum atomic E-state index is 13.8. The fourth-order valence-electron chi connectivity index (χ4n) is 6.64. The first kappa shape index (κ1) is 38.8. The minimum Gasteiger partial charge on any atom is -0.497 e. The Bertz CT molecular complexity index is 2130. The first-order chi connectivity index (χ1) is 25.8. The summed E-state index contributed by atoms with van der Waals surface area (Å²) in [5.41, 5.74) is 0.657. The minimum absolute atomic E-state index is 0.0774. The number of H-pyrrole nitrogens is 1. The summed E-state index contributed by atoms with van der Waals surface area (Å²) in [5.74, 6) is 2.14. The van der Waals surface area contributed by atoms with Gasteiger partial charge in [-0.2, -0.15) is 0 Å². The maximum absolute atomic E-state index is 13.8. The molecule has 0 saturated carbocycles. The Morgan fingerprint density at radius 1 is 0.741 bits per heavy atom. The van der Waals surface area contributed by atoms with Crippen molar-refractivity contribution < 1.29 is 32.8 Å². The van der Waals surface area contributed by atoms with E-state index in [4.69, 9.17) is 32.8 Å². The van der Waals surface area contributed by atoms with Gasteiger partial charge in [-0.25, -0.2) is 4.79 Å². The number of nitrogens with one attached hydrogen (secondary N) is 1. The molecule has 6 rings (SSSR count). The van der Waals surface area contributed by atoms with Crippen molar-refractivity contribution in [3.05, 3.63) is 135 Å². The molecule has 1 aliphatic heterocycles. The number of aromatic amines is 1. The zero-order valence-electron chi connectivity index (χ0n) is 32.3. The lowest BCUT2D eigenvalue weighted by Crippen LogP contribution is -2.46. The van der Waals surface area contributed by atoms with Crippen molar-refractivity contribution in [1.29, 1.82) is 0 Å². The number of benzene rings is 4. The van der Waals surface area contributed by atoms with E-state index < -0.39 is 43.6 Å². The molecule has 11 nitrogen and oxygen atoms in total. The van der Waals surface area contributed by atoms with Crippen LogP contribution in [-0.2, 0) is 19.5 Å². The highest BCUT2D eigenvalue weighted by molar-refractivity contribution is 6.74. The first-order valence-corrected chi connectivity index (χ1v) is 20.7. The average molecular weight is 754 g/mol. The van der Waals surface area contributed by atoms with Crippen LogP contribution in [0.25, 0.3) is 10.9 Å². The zero-order chi connectivity index (χ0) is 38.8. The summed E-state index contributed by atoms with van der Waals surface area (Å²) < 4.78 is 44.5. The molecule has 1 fully saturated rings. The number of rotatable bonds is 13. The molecule has 4 aromatic carbocycles. The molecule has 0 bridgehead atoms. The van der Waals surface area contributed by atoms with Crippen LogP contribution >= 0.6 is 0 Å². The number of ether oxygens (including phenoxy) is 6. The van der Waals surface area contributed by atoms with E-state index in [1.807, 2.05) is 85.3 Å². The van der Waals surface area contributed by atoms with Gasteiger partial charge in [-0.15, -0.1) is 0 Å². The van der Waals surface area contributed by atoms with Gasteiger partial charge in [0.1, 0.15) is 17.1 Å². The summed E-state index contributed by atoms with van der Waals surface area (Å²) in [7, 11) is 3.81. The highest BCUT2D eigenvalue weighted by Crippen LogP contribution is 2.45. The Morgan fingerprint density at radius 3 is 1.80 bits per heavy atom. The Hall–Kier alpha value is -4.88. The van der Waals surface area contributed by atoms with Crippen LogP contribution in [0.4, 0.5) is 0 Å². The first-order valence-electron chi connectivity index (χ1n) is 17.8. The second-order valence-electron chi connectivity index (χ2n) is 14.8. The fourth-order valence-corrected chi connectivity index (χ4v) is 7.87. The van der Waals surface area contributed by atoms with Gasteiger partial charge in [-0.1, -0.05) is 75.4 Å². The predicted molar refractivity (Wildman–Crippen MR) is 210 cm³/mol. The van der Waals surface area contributed by atoms with Crippen LogP contribution in [-0.4, -0.2) is 65.1 Å². The van der Waals surface area contributed by atoms with E-state index >= 15 is 0 Å². The lowest BCUT2D eigenvalue weighted by atomic mass is 9.80. The number of hydrogen-bond acceptors (Lipinski definition) is 9. The van der Waals surface area contributed by atoms with Gasteiger partial charge < -0.3 is 32.8 Å². The topological polar surface area (TPSA) is 119 Å². The third kappa shape index (κ3) is 7.31. The van der Waals surface area contributed by atoms with Gasteiger partial charge in [0, 0.05) is 12.5 Å². The molecule has 5 aromatic rings. The van der Waals surface area contributed by atoms with Gasteiger partial charge in [0.2, 0.25) is 0 Å². The van der Waals surface area contributed by atoms with Crippen LogP contribution in [0.5, 0.6) is 23.0 Å². The van der Waals surface area contributed by atoms with Crippen LogP contribution in [0, 0.1) is 6.42 Å². The van der Waals surface area contributed by atoms with Crippen molar-refractivity contribution in [1.82, 2.24) is 9.55 Å². The van der Waals surface area contributed by atoms with Gasteiger partial charge in [0.05, 0.1) is 58.2 Å². The third-order valence-corrected chi connectivity index (χ3v) is 15.0. The van der Waals surface area contributed by atoms with E-state index in [9.17, 15) is 9.59 Å². The molecule has 0 spiro atoms. The lowest BCUT2D eigenvalue weighted by Gasteiger charge is -2.39. The van der Waals surface area contributed by atoms with E-state index in [2.05, 4.69) is 38.8 Å². The Balaban J connectivity index is 1.47. The number of nitrogens with zero attached hydrogens (tertiary/aromatic N) is 1.